The third-order valence-electron chi connectivity index (χ3n) is 5.18. The number of sulfonamides is 1. The smallest absolute Gasteiger partial charge is 0.338 e. The lowest BCUT2D eigenvalue weighted by Gasteiger charge is -2.22. The number of hydrogen-bond acceptors (Lipinski definition) is 6. The molecule has 0 aromatic heterocycles. The predicted molar refractivity (Wildman–Crippen MR) is 125 cm³/mol. The monoisotopic (exact) mass is 494 g/mol. The van der Waals surface area contributed by atoms with Crippen LogP contribution in [0.3, 0.4) is 0 Å². The van der Waals surface area contributed by atoms with E-state index in [1.807, 2.05) is 0 Å². The van der Waals surface area contributed by atoms with Gasteiger partial charge in [0, 0.05) is 11.7 Å². The van der Waals surface area contributed by atoms with Gasteiger partial charge in [-0.2, -0.15) is 0 Å². The van der Waals surface area contributed by atoms with Crippen molar-refractivity contribution in [1.82, 2.24) is 4.72 Å². The summed E-state index contributed by atoms with van der Waals surface area (Å²) in [6.07, 6.45) is 4.81. The second-order valence-electron chi connectivity index (χ2n) is 7.68. The molecule has 0 bridgehead atoms. The minimum atomic E-state index is -3.69. The van der Waals surface area contributed by atoms with E-state index in [0.29, 0.717) is 11.3 Å². The minimum Gasteiger partial charge on any atom is -0.482 e. The maximum Gasteiger partial charge on any atom is 0.338 e. The maximum atomic E-state index is 12.6. The number of carbonyl (C=O) groups excluding carboxylic acids is 2. The first-order valence-electron chi connectivity index (χ1n) is 10.8. The average Bonchev–Trinajstić information content (AvgIpc) is 2.79. The minimum absolute atomic E-state index is 0.0524. The van der Waals surface area contributed by atoms with Gasteiger partial charge in [0.2, 0.25) is 10.0 Å². The first-order chi connectivity index (χ1) is 15.8. The van der Waals surface area contributed by atoms with Crippen LogP contribution in [0.15, 0.2) is 47.4 Å². The number of amides is 1. The number of benzene rings is 2. The molecular formula is C23H27ClN2O6S. The molecule has 2 N–H and O–H groups in total. The van der Waals surface area contributed by atoms with Crippen LogP contribution in [-0.4, -0.2) is 39.5 Å². The average molecular weight is 495 g/mol. The fraction of sp³-hybridized carbons (Fsp3) is 0.391. The summed E-state index contributed by atoms with van der Waals surface area (Å²) in [6.45, 7) is 1.67. The number of rotatable bonds is 9. The Bertz CT molecular complexity index is 1080. The Morgan fingerprint density at radius 2 is 1.76 bits per heavy atom. The second-order valence-corrected chi connectivity index (χ2v) is 9.80. The van der Waals surface area contributed by atoms with Crippen molar-refractivity contribution in [2.24, 2.45) is 0 Å². The number of ether oxygens (including phenoxy) is 2. The van der Waals surface area contributed by atoms with Crippen LogP contribution in [0.5, 0.6) is 5.75 Å². The highest BCUT2D eigenvalue weighted by Crippen LogP contribution is 2.28. The molecule has 10 heteroatoms. The van der Waals surface area contributed by atoms with Crippen molar-refractivity contribution in [3.63, 3.8) is 0 Å². The summed E-state index contributed by atoms with van der Waals surface area (Å²) in [5.41, 5.74) is 0.865. The summed E-state index contributed by atoms with van der Waals surface area (Å²) in [6, 6.07) is 10.3. The van der Waals surface area contributed by atoms with Crippen LogP contribution < -0.4 is 14.8 Å². The molecule has 2 aromatic rings. The highest BCUT2D eigenvalue weighted by molar-refractivity contribution is 7.89. The maximum absolute atomic E-state index is 12.6. The molecule has 0 radical (unpaired) electrons. The number of carbonyl (C=O) groups is 2. The van der Waals surface area contributed by atoms with Gasteiger partial charge >= 0.3 is 5.97 Å². The van der Waals surface area contributed by atoms with Gasteiger partial charge in [-0.25, -0.2) is 17.9 Å². The highest BCUT2D eigenvalue weighted by Gasteiger charge is 2.22. The molecule has 0 atom stereocenters. The molecule has 1 saturated carbocycles. The van der Waals surface area contributed by atoms with E-state index in [4.69, 9.17) is 21.1 Å². The Morgan fingerprint density at radius 1 is 1.06 bits per heavy atom. The summed E-state index contributed by atoms with van der Waals surface area (Å²) >= 11 is 6.20. The Morgan fingerprint density at radius 3 is 2.39 bits per heavy atom. The molecule has 0 aliphatic heterocycles. The Hall–Kier alpha value is -2.62. The van der Waals surface area contributed by atoms with Crippen molar-refractivity contribution in [3.8, 4) is 5.75 Å². The summed E-state index contributed by atoms with van der Waals surface area (Å²) in [7, 11) is -3.69. The fourth-order valence-corrected chi connectivity index (χ4v) is 5.15. The lowest BCUT2D eigenvalue weighted by molar-refractivity contribution is -0.118. The summed E-state index contributed by atoms with van der Waals surface area (Å²) in [5, 5.41) is 2.74. The first kappa shape index (κ1) is 25.0. The lowest BCUT2D eigenvalue weighted by Crippen LogP contribution is -2.36. The summed E-state index contributed by atoms with van der Waals surface area (Å²) in [5.74, 6) is -0.681. The van der Waals surface area contributed by atoms with Gasteiger partial charge in [0.15, 0.2) is 6.61 Å². The zero-order valence-electron chi connectivity index (χ0n) is 18.3. The first-order valence-corrected chi connectivity index (χ1v) is 12.7. The molecular weight excluding hydrogens is 468 g/mol. The molecule has 0 spiro atoms. The molecule has 33 heavy (non-hydrogen) atoms. The largest absolute Gasteiger partial charge is 0.482 e. The topological polar surface area (TPSA) is 111 Å². The van der Waals surface area contributed by atoms with E-state index >= 15 is 0 Å². The molecule has 8 nitrogen and oxygen atoms in total. The lowest BCUT2D eigenvalue weighted by atomic mass is 9.96. The van der Waals surface area contributed by atoms with Gasteiger partial charge in [0.25, 0.3) is 5.91 Å². The van der Waals surface area contributed by atoms with Crippen molar-refractivity contribution in [2.75, 3.05) is 18.5 Å². The molecule has 0 unspecified atom stereocenters. The fourth-order valence-electron chi connectivity index (χ4n) is 3.52. The molecule has 1 fully saturated rings. The predicted octanol–water partition coefficient (Wildman–Crippen LogP) is 4.15. The van der Waals surface area contributed by atoms with E-state index in [1.54, 1.807) is 31.2 Å². The van der Waals surface area contributed by atoms with Gasteiger partial charge in [-0.05, 0) is 62.2 Å². The van der Waals surface area contributed by atoms with E-state index in [-0.39, 0.29) is 34.9 Å². The summed E-state index contributed by atoms with van der Waals surface area (Å²) < 4.78 is 38.4. The number of nitrogens with one attached hydrogen (secondary N) is 2. The molecule has 2 aromatic carbocycles. The van der Waals surface area contributed by atoms with Gasteiger partial charge < -0.3 is 14.8 Å². The zero-order chi connectivity index (χ0) is 23.8. The standard InChI is InChI=1S/C23H27ClN2O6S/c1-2-31-23(28)16-8-10-17(11-9-16)25-22(27)15-32-21-13-12-19(14-20(21)24)33(29,30)26-18-6-4-3-5-7-18/h8-14,18,26H,2-7,15H2,1H3,(H,25,27). The van der Waals surface area contributed by atoms with Crippen LogP contribution in [0.1, 0.15) is 49.4 Å². The van der Waals surface area contributed by atoms with Crippen molar-refractivity contribution < 1.29 is 27.5 Å². The molecule has 0 saturated heterocycles. The van der Waals surface area contributed by atoms with E-state index in [2.05, 4.69) is 10.0 Å². The van der Waals surface area contributed by atoms with Gasteiger partial charge in [-0.15, -0.1) is 0 Å². The van der Waals surface area contributed by atoms with Crippen LogP contribution in [0.2, 0.25) is 5.02 Å². The van der Waals surface area contributed by atoms with Crippen LogP contribution in [0, 0.1) is 0 Å². The van der Waals surface area contributed by atoms with Crippen LogP contribution >= 0.6 is 11.6 Å². The van der Waals surface area contributed by atoms with Gasteiger partial charge in [0.05, 0.1) is 22.1 Å². The van der Waals surface area contributed by atoms with E-state index < -0.39 is 21.9 Å². The molecule has 1 aliphatic rings. The zero-order valence-corrected chi connectivity index (χ0v) is 19.9. The SMILES string of the molecule is CCOC(=O)c1ccc(NC(=O)COc2ccc(S(=O)(=O)NC3CCCCC3)cc2Cl)cc1. The number of halogens is 1. The quantitative estimate of drug-likeness (QED) is 0.507. The van der Waals surface area contributed by atoms with Crippen molar-refractivity contribution >= 4 is 39.2 Å². The summed E-state index contributed by atoms with van der Waals surface area (Å²) in [4.78, 5) is 23.9. The number of hydrogen-bond donors (Lipinski definition) is 2. The number of anilines is 1. The molecule has 0 heterocycles. The van der Waals surface area contributed by atoms with Crippen LogP contribution in [-0.2, 0) is 19.6 Å². The van der Waals surface area contributed by atoms with Crippen LogP contribution in [0.4, 0.5) is 5.69 Å². The molecule has 1 aliphatic carbocycles. The van der Waals surface area contributed by atoms with Gasteiger partial charge in [-0.3, -0.25) is 4.79 Å². The molecule has 1 amide bonds. The molecule has 3 rings (SSSR count). The third kappa shape index (κ3) is 7.18. The van der Waals surface area contributed by atoms with Crippen LogP contribution in [0.25, 0.3) is 0 Å². The highest BCUT2D eigenvalue weighted by atomic mass is 35.5. The van der Waals surface area contributed by atoms with Gasteiger partial charge in [0.1, 0.15) is 5.75 Å². The Kier molecular flexibility index (Phi) is 8.71. The van der Waals surface area contributed by atoms with Crippen molar-refractivity contribution in [1.29, 1.82) is 0 Å². The number of esters is 1. The van der Waals surface area contributed by atoms with E-state index in [0.717, 1.165) is 32.1 Å². The van der Waals surface area contributed by atoms with Crippen molar-refractivity contribution in [3.05, 3.63) is 53.1 Å². The second kappa shape index (κ2) is 11.5. The van der Waals surface area contributed by atoms with Gasteiger partial charge in [-0.1, -0.05) is 30.9 Å². The Labute approximate surface area is 198 Å². The van der Waals surface area contributed by atoms with Crippen molar-refractivity contribution in [2.45, 2.75) is 50.0 Å². The normalized spacial score (nSPS) is 14.5. The van der Waals surface area contributed by atoms with E-state index in [1.165, 1.54) is 18.2 Å². The Balaban J connectivity index is 1.54. The van der Waals surface area contributed by atoms with E-state index in [9.17, 15) is 18.0 Å². The third-order valence-corrected chi connectivity index (χ3v) is 6.99. The molecule has 178 valence electrons.